The molecule has 3 aliphatic rings. The Morgan fingerprint density at radius 3 is 2.48 bits per heavy atom. The van der Waals surface area contributed by atoms with Crippen molar-refractivity contribution in [1.82, 2.24) is 0 Å². The Labute approximate surface area is 152 Å². The van der Waals surface area contributed by atoms with Crippen molar-refractivity contribution in [2.75, 3.05) is 6.16 Å². The van der Waals surface area contributed by atoms with Crippen LogP contribution in [-0.2, 0) is 27.8 Å². The summed E-state index contributed by atoms with van der Waals surface area (Å²) in [6.07, 6.45) is -1.42. The third-order valence-corrected chi connectivity index (χ3v) is 6.94. The monoisotopic (exact) mass is 388 g/mol. The first-order valence-electron chi connectivity index (χ1n) is 8.53. The minimum atomic E-state index is -3.26. The number of rotatable bonds is 3. The summed E-state index contributed by atoms with van der Waals surface area (Å²) in [6.45, 7) is 5.60. The lowest BCUT2D eigenvalue weighted by Crippen LogP contribution is -2.43. The maximum atomic E-state index is 13.2. The molecule has 3 saturated heterocycles. The quantitative estimate of drug-likeness (QED) is 0.720. The van der Waals surface area contributed by atoms with E-state index in [9.17, 15) is 4.57 Å². The van der Waals surface area contributed by atoms with Gasteiger partial charge in [0.05, 0.1) is 0 Å². The standard InChI is InChI=1S/C17H22ClO6P/c1-4-9-25(19)23-12(10-5-7-11(18)8-6-10)13-14(24-25)15-16(20-13)22-17(2,3)21-15/h5-8,12-16H,4,9H2,1-3H3/t12-,13-,14+,15-,16-,25+/m1/s1. The largest absolute Gasteiger partial charge is 0.341 e. The highest BCUT2D eigenvalue weighted by Crippen LogP contribution is 2.62. The van der Waals surface area contributed by atoms with E-state index in [1.54, 1.807) is 12.1 Å². The zero-order chi connectivity index (χ0) is 17.8. The molecule has 6 atom stereocenters. The van der Waals surface area contributed by atoms with Crippen LogP contribution in [0.1, 0.15) is 38.9 Å². The molecule has 8 heteroatoms. The van der Waals surface area contributed by atoms with Gasteiger partial charge in [0.15, 0.2) is 12.1 Å². The molecule has 138 valence electrons. The smallest absolute Gasteiger partial charge is 0.331 e. The van der Waals surface area contributed by atoms with E-state index < -0.39 is 44.1 Å². The molecule has 1 aromatic carbocycles. The van der Waals surface area contributed by atoms with Gasteiger partial charge in [-0.25, -0.2) is 0 Å². The van der Waals surface area contributed by atoms with Gasteiger partial charge in [0.2, 0.25) is 0 Å². The second kappa shape index (κ2) is 6.31. The fraction of sp³-hybridized carbons (Fsp3) is 0.647. The van der Waals surface area contributed by atoms with Crippen molar-refractivity contribution in [2.24, 2.45) is 0 Å². The topological polar surface area (TPSA) is 63.2 Å². The van der Waals surface area contributed by atoms with E-state index >= 15 is 0 Å². The van der Waals surface area contributed by atoms with E-state index in [4.69, 9.17) is 34.9 Å². The SMILES string of the molecule is CCC[P@@]1(=O)O[C@@H]2[C@H]3OC(C)(C)O[C@H]3O[C@@H]2[C@@H](c2ccc(Cl)cc2)O1. The number of hydrogen-bond donors (Lipinski definition) is 0. The van der Waals surface area contributed by atoms with Crippen LogP contribution in [0.15, 0.2) is 24.3 Å². The van der Waals surface area contributed by atoms with Gasteiger partial charge in [0.25, 0.3) is 0 Å². The summed E-state index contributed by atoms with van der Waals surface area (Å²) in [5.74, 6) is -0.757. The number of halogens is 1. The van der Waals surface area contributed by atoms with Crippen molar-refractivity contribution in [3.05, 3.63) is 34.9 Å². The van der Waals surface area contributed by atoms with Crippen LogP contribution in [0.4, 0.5) is 0 Å². The normalized spacial score (nSPS) is 42.2. The van der Waals surface area contributed by atoms with Crippen molar-refractivity contribution >= 4 is 19.2 Å². The molecule has 6 nitrogen and oxygen atoms in total. The molecule has 0 aliphatic carbocycles. The number of hydrogen-bond acceptors (Lipinski definition) is 6. The Hall–Kier alpha value is -0.460. The lowest BCUT2D eigenvalue weighted by atomic mass is 9.99. The van der Waals surface area contributed by atoms with Gasteiger partial charge in [-0.2, -0.15) is 0 Å². The van der Waals surface area contributed by atoms with Crippen LogP contribution in [0.5, 0.6) is 0 Å². The van der Waals surface area contributed by atoms with Crippen molar-refractivity contribution in [3.8, 4) is 0 Å². The summed E-state index contributed by atoms with van der Waals surface area (Å²) in [5, 5.41) is 0.627. The first-order chi connectivity index (χ1) is 11.8. The summed E-state index contributed by atoms with van der Waals surface area (Å²) in [6, 6.07) is 7.27. The Balaban J connectivity index is 1.67. The van der Waals surface area contributed by atoms with E-state index in [1.165, 1.54) is 0 Å². The average Bonchev–Trinajstić information content (AvgIpc) is 3.00. The molecule has 0 N–H and O–H groups in total. The number of ether oxygens (including phenoxy) is 3. The first kappa shape index (κ1) is 17.9. The summed E-state index contributed by atoms with van der Waals surface area (Å²) in [5.41, 5.74) is 0.846. The molecular formula is C17H22ClO6P. The van der Waals surface area contributed by atoms with Gasteiger partial charge in [-0.1, -0.05) is 30.7 Å². The molecule has 0 bridgehead atoms. The molecule has 0 saturated carbocycles. The Kier molecular flexibility index (Phi) is 4.52. The lowest BCUT2D eigenvalue weighted by Gasteiger charge is -2.39. The zero-order valence-electron chi connectivity index (χ0n) is 14.4. The molecular weight excluding hydrogens is 367 g/mol. The third-order valence-electron chi connectivity index (χ3n) is 4.58. The van der Waals surface area contributed by atoms with E-state index in [2.05, 4.69) is 0 Å². The molecule has 3 heterocycles. The van der Waals surface area contributed by atoms with E-state index in [-0.39, 0.29) is 0 Å². The predicted octanol–water partition coefficient (Wildman–Crippen LogP) is 4.28. The van der Waals surface area contributed by atoms with E-state index in [1.807, 2.05) is 32.9 Å². The summed E-state index contributed by atoms with van der Waals surface area (Å²) in [7, 11) is -3.26. The lowest BCUT2D eigenvalue weighted by molar-refractivity contribution is -0.229. The molecule has 0 amide bonds. The molecule has 0 spiro atoms. The molecule has 4 rings (SSSR count). The van der Waals surface area contributed by atoms with E-state index in [0.29, 0.717) is 17.6 Å². The minimum Gasteiger partial charge on any atom is -0.341 e. The molecule has 0 aromatic heterocycles. The highest BCUT2D eigenvalue weighted by atomic mass is 35.5. The van der Waals surface area contributed by atoms with Crippen LogP contribution in [0, 0.1) is 0 Å². The van der Waals surface area contributed by atoms with Crippen molar-refractivity contribution in [2.45, 2.75) is 63.7 Å². The molecule has 0 radical (unpaired) electrons. The first-order valence-corrected chi connectivity index (χ1v) is 10.6. The summed E-state index contributed by atoms with van der Waals surface area (Å²) >= 11 is 5.99. The van der Waals surface area contributed by atoms with Crippen molar-refractivity contribution in [1.29, 1.82) is 0 Å². The second-order valence-corrected chi connectivity index (χ2v) is 9.58. The Bertz CT molecular complexity index is 693. The minimum absolute atomic E-state index is 0.349. The van der Waals surface area contributed by atoms with Gasteiger partial charge in [0, 0.05) is 11.2 Å². The molecule has 3 fully saturated rings. The molecule has 0 unspecified atom stereocenters. The van der Waals surface area contributed by atoms with Crippen LogP contribution in [0.25, 0.3) is 0 Å². The van der Waals surface area contributed by atoms with Crippen LogP contribution in [0.2, 0.25) is 5.02 Å². The third kappa shape index (κ3) is 3.30. The Morgan fingerprint density at radius 1 is 1.08 bits per heavy atom. The maximum absolute atomic E-state index is 13.2. The van der Waals surface area contributed by atoms with Crippen molar-refractivity contribution in [3.63, 3.8) is 0 Å². The highest BCUT2D eigenvalue weighted by molar-refractivity contribution is 7.53. The number of fused-ring (bicyclic) bond motifs is 3. The Morgan fingerprint density at radius 2 is 1.80 bits per heavy atom. The zero-order valence-corrected chi connectivity index (χ0v) is 16.0. The molecule has 25 heavy (non-hydrogen) atoms. The average molecular weight is 389 g/mol. The summed E-state index contributed by atoms with van der Waals surface area (Å²) < 4.78 is 42.8. The van der Waals surface area contributed by atoms with Gasteiger partial charge in [-0.15, -0.1) is 0 Å². The second-order valence-electron chi connectivity index (χ2n) is 7.05. The van der Waals surface area contributed by atoms with Gasteiger partial charge in [-0.05, 0) is 38.0 Å². The van der Waals surface area contributed by atoms with Crippen molar-refractivity contribution < 1.29 is 27.8 Å². The van der Waals surface area contributed by atoms with Crippen LogP contribution in [0.3, 0.4) is 0 Å². The fourth-order valence-corrected chi connectivity index (χ4v) is 5.73. The van der Waals surface area contributed by atoms with Crippen LogP contribution in [-0.4, -0.2) is 36.6 Å². The fourth-order valence-electron chi connectivity index (χ4n) is 3.59. The molecule has 1 aromatic rings. The van der Waals surface area contributed by atoms with Gasteiger partial charge in [0.1, 0.15) is 24.4 Å². The van der Waals surface area contributed by atoms with Gasteiger partial charge >= 0.3 is 7.60 Å². The van der Waals surface area contributed by atoms with Gasteiger partial charge < -0.3 is 14.2 Å². The van der Waals surface area contributed by atoms with Crippen LogP contribution >= 0.6 is 19.2 Å². The highest BCUT2D eigenvalue weighted by Gasteiger charge is 2.62. The predicted molar refractivity (Wildman–Crippen MR) is 91.6 cm³/mol. The van der Waals surface area contributed by atoms with E-state index in [0.717, 1.165) is 5.56 Å². The number of benzene rings is 1. The van der Waals surface area contributed by atoms with Gasteiger partial charge in [-0.3, -0.25) is 13.6 Å². The molecule has 3 aliphatic heterocycles. The summed E-state index contributed by atoms with van der Waals surface area (Å²) in [4.78, 5) is 0. The maximum Gasteiger partial charge on any atom is 0.331 e. The van der Waals surface area contributed by atoms with Crippen LogP contribution < -0.4 is 0 Å².